The molecule has 12 rings (SSSR count). The molecule has 0 N–H and O–H groups in total. The molecule has 284 valence electrons. The quantitative estimate of drug-likeness (QED) is 0.168. The van der Waals surface area contributed by atoms with Crippen molar-refractivity contribution in [2.75, 3.05) is 0 Å². The van der Waals surface area contributed by atoms with Crippen LogP contribution in [0.15, 0.2) is 163 Å². The maximum Gasteiger partial charge on any atom is 0.164 e. The van der Waals surface area contributed by atoms with E-state index >= 15 is 0 Å². The minimum absolute atomic E-state index is 0.0188. The average molecular weight is 760 g/mol. The number of hydrogen-bond donors (Lipinski definition) is 0. The second kappa shape index (κ2) is 12.8. The van der Waals surface area contributed by atoms with Gasteiger partial charge in [-0.05, 0) is 122 Å². The molecule has 1 heterocycles. The number of fused-ring (bicyclic) bond motifs is 12. The van der Waals surface area contributed by atoms with Crippen LogP contribution in [-0.4, -0.2) is 15.0 Å². The van der Waals surface area contributed by atoms with Crippen LogP contribution in [0.4, 0.5) is 0 Å². The summed E-state index contributed by atoms with van der Waals surface area (Å²) in [5.41, 5.74) is 18.1. The second-order valence-corrected chi connectivity index (χ2v) is 18.1. The SMILES string of the molecule is CC1C=C2CC(CCC23c2ccccc2-c2cc(-c4ccc5c(c4)C(C)(C)c4cc(-c6nc(-c7ccccc7)nc(-c7cccc8ccccc78)n6)ccc4-5)ccc23)C1. The number of hydrogen-bond acceptors (Lipinski definition) is 3. The monoisotopic (exact) mass is 759 g/mol. The number of allylic oxidation sites excluding steroid dienone is 2. The molecule has 2 bridgehead atoms. The summed E-state index contributed by atoms with van der Waals surface area (Å²) in [6, 6.07) is 55.6. The number of aromatic nitrogens is 3. The lowest BCUT2D eigenvalue weighted by Gasteiger charge is -2.45. The molecular formula is C56H45N3. The van der Waals surface area contributed by atoms with Crippen molar-refractivity contribution in [3.63, 3.8) is 0 Å². The largest absolute Gasteiger partial charge is 0.208 e. The summed E-state index contributed by atoms with van der Waals surface area (Å²) in [5.74, 6) is 3.52. The molecule has 3 heteroatoms. The van der Waals surface area contributed by atoms with E-state index in [-0.39, 0.29) is 10.8 Å². The summed E-state index contributed by atoms with van der Waals surface area (Å²) in [5, 5.41) is 2.29. The van der Waals surface area contributed by atoms with E-state index in [1.165, 1.54) is 81.3 Å². The van der Waals surface area contributed by atoms with Crippen molar-refractivity contribution in [3.05, 3.63) is 186 Å². The van der Waals surface area contributed by atoms with E-state index in [1.807, 2.05) is 18.2 Å². The van der Waals surface area contributed by atoms with Crippen LogP contribution >= 0.6 is 0 Å². The van der Waals surface area contributed by atoms with Crippen molar-refractivity contribution in [2.45, 2.75) is 57.3 Å². The molecule has 8 aromatic rings. The van der Waals surface area contributed by atoms with Crippen molar-refractivity contribution in [1.29, 1.82) is 0 Å². The molecule has 0 radical (unpaired) electrons. The van der Waals surface area contributed by atoms with E-state index in [0.717, 1.165) is 33.4 Å². The Kier molecular flexibility index (Phi) is 7.49. The van der Waals surface area contributed by atoms with Gasteiger partial charge in [0.1, 0.15) is 0 Å². The Morgan fingerprint density at radius 1 is 0.492 bits per heavy atom. The first-order valence-electron chi connectivity index (χ1n) is 21.4. The average Bonchev–Trinajstić information content (AvgIpc) is 3.69. The summed E-state index contributed by atoms with van der Waals surface area (Å²) in [4.78, 5) is 15.4. The van der Waals surface area contributed by atoms with Crippen molar-refractivity contribution in [3.8, 4) is 67.5 Å². The minimum atomic E-state index is -0.222. The Morgan fingerprint density at radius 3 is 1.95 bits per heavy atom. The highest BCUT2D eigenvalue weighted by Crippen LogP contribution is 2.61. The van der Waals surface area contributed by atoms with Gasteiger partial charge in [-0.25, -0.2) is 15.0 Å². The van der Waals surface area contributed by atoms with Crippen molar-refractivity contribution < 1.29 is 0 Å². The van der Waals surface area contributed by atoms with Crippen LogP contribution in [0.2, 0.25) is 0 Å². The molecule has 3 unspecified atom stereocenters. The van der Waals surface area contributed by atoms with Crippen LogP contribution in [-0.2, 0) is 10.8 Å². The molecular weight excluding hydrogens is 715 g/mol. The summed E-state index contributed by atoms with van der Waals surface area (Å²) >= 11 is 0. The zero-order valence-electron chi connectivity index (χ0n) is 33.8. The van der Waals surface area contributed by atoms with Gasteiger partial charge < -0.3 is 0 Å². The molecule has 7 aromatic carbocycles. The first kappa shape index (κ1) is 34.6. The van der Waals surface area contributed by atoms with Crippen molar-refractivity contribution in [2.24, 2.45) is 11.8 Å². The van der Waals surface area contributed by atoms with Gasteiger partial charge in [0.25, 0.3) is 0 Å². The van der Waals surface area contributed by atoms with Gasteiger partial charge in [-0.2, -0.15) is 0 Å². The fourth-order valence-corrected chi connectivity index (χ4v) is 11.5. The van der Waals surface area contributed by atoms with E-state index in [9.17, 15) is 0 Å². The molecule has 0 aliphatic heterocycles. The van der Waals surface area contributed by atoms with Gasteiger partial charge in [-0.1, -0.05) is 166 Å². The van der Waals surface area contributed by atoms with Crippen LogP contribution in [0.1, 0.15) is 68.7 Å². The highest BCUT2D eigenvalue weighted by atomic mass is 15.0. The molecule has 4 aliphatic carbocycles. The van der Waals surface area contributed by atoms with E-state index in [0.29, 0.717) is 23.4 Å². The summed E-state index contributed by atoms with van der Waals surface area (Å²) in [6.07, 6.45) is 7.75. The molecule has 1 saturated carbocycles. The van der Waals surface area contributed by atoms with Crippen molar-refractivity contribution in [1.82, 2.24) is 15.0 Å². The van der Waals surface area contributed by atoms with Crippen LogP contribution in [0.5, 0.6) is 0 Å². The molecule has 0 amide bonds. The predicted octanol–water partition coefficient (Wildman–Crippen LogP) is 14.0. The maximum atomic E-state index is 5.20. The Hall–Kier alpha value is -6.45. The first-order chi connectivity index (χ1) is 28.8. The second-order valence-electron chi connectivity index (χ2n) is 18.1. The van der Waals surface area contributed by atoms with Crippen LogP contribution < -0.4 is 0 Å². The molecule has 3 atom stereocenters. The Bertz CT molecular complexity index is 3060. The van der Waals surface area contributed by atoms with Crippen LogP contribution in [0.25, 0.3) is 78.3 Å². The lowest BCUT2D eigenvalue weighted by molar-refractivity contribution is 0.284. The maximum absolute atomic E-state index is 5.20. The number of benzene rings is 7. The van der Waals surface area contributed by atoms with Gasteiger partial charge in [-0.3, -0.25) is 0 Å². The molecule has 4 aliphatic rings. The molecule has 59 heavy (non-hydrogen) atoms. The summed E-state index contributed by atoms with van der Waals surface area (Å²) in [6.45, 7) is 7.16. The highest BCUT2D eigenvalue weighted by molar-refractivity contribution is 5.95. The number of rotatable bonds is 4. The lowest BCUT2D eigenvalue weighted by Crippen LogP contribution is -2.36. The van der Waals surface area contributed by atoms with E-state index < -0.39 is 0 Å². The molecule has 1 fully saturated rings. The van der Waals surface area contributed by atoms with Crippen molar-refractivity contribution >= 4 is 10.8 Å². The van der Waals surface area contributed by atoms with E-state index in [2.05, 4.69) is 160 Å². The van der Waals surface area contributed by atoms with Crippen LogP contribution in [0.3, 0.4) is 0 Å². The van der Waals surface area contributed by atoms with Gasteiger partial charge >= 0.3 is 0 Å². The predicted molar refractivity (Wildman–Crippen MR) is 242 cm³/mol. The number of nitrogens with zero attached hydrogens (tertiary/aromatic N) is 3. The van der Waals surface area contributed by atoms with E-state index in [4.69, 9.17) is 15.0 Å². The van der Waals surface area contributed by atoms with Crippen LogP contribution in [0, 0.1) is 11.8 Å². The normalized spacial score (nSPS) is 20.5. The van der Waals surface area contributed by atoms with Gasteiger partial charge in [0.2, 0.25) is 0 Å². The van der Waals surface area contributed by atoms with Gasteiger partial charge in [0.05, 0.1) is 0 Å². The lowest BCUT2D eigenvalue weighted by atomic mass is 9.58. The van der Waals surface area contributed by atoms with Gasteiger partial charge in [-0.15, -0.1) is 0 Å². The molecule has 1 aromatic heterocycles. The fraction of sp³-hybridized carbons (Fsp3) is 0.196. The fourth-order valence-electron chi connectivity index (χ4n) is 11.5. The van der Waals surface area contributed by atoms with E-state index in [1.54, 1.807) is 5.57 Å². The zero-order valence-corrected chi connectivity index (χ0v) is 33.8. The Labute approximate surface area is 346 Å². The molecule has 3 nitrogen and oxygen atoms in total. The smallest absolute Gasteiger partial charge is 0.164 e. The topological polar surface area (TPSA) is 38.7 Å². The molecule has 0 saturated heterocycles. The zero-order chi connectivity index (χ0) is 39.5. The Balaban J connectivity index is 0.940. The Morgan fingerprint density at radius 2 is 1.10 bits per heavy atom. The summed E-state index contributed by atoms with van der Waals surface area (Å²) < 4.78 is 0. The third-order valence-electron chi connectivity index (χ3n) is 14.3. The third-order valence-corrected chi connectivity index (χ3v) is 14.3. The van der Waals surface area contributed by atoms with Gasteiger partial charge in [0.15, 0.2) is 17.5 Å². The standard InChI is InChI=1S/C56H45N3/c1-34-28-35-26-27-56(41(29-34)30-35)48-19-10-9-17-43(48)47-31-38(22-25-49(47)56)39-20-23-44-45-24-21-40(33-51(45)55(2,3)50(44)32-39)53-57-52(37-13-5-4-6-14-37)58-54(59-53)46-18-11-15-36-12-7-8-16-42(36)46/h4-25,29,31-35H,26-28,30H2,1-3H3. The highest BCUT2D eigenvalue weighted by Gasteiger charge is 2.49. The summed E-state index contributed by atoms with van der Waals surface area (Å²) in [7, 11) is 0. The third kappa shape index (κ3) is 5.16. The minimum Gasteiger partial charge on any atom is -0.208 e. The first-order valence-corrected chi connectivity index (χ1v) is 21.4. The van der Waals surface area contributed by atoms with Gasteiger partial charge in [0, 0.05) is 27.5 Å². The molecule has 1 spiro atoms.